The lowest BCUT2D eigenvalue weighted by atomic mass is 9.99. The Balaban J connectivity index is 2.10. The number of anilines is 1. The van der Waals surface area contributed by atoms with E-state index < -0.39 is 0 Å². The van der Waals surface area contributed by atoms with Crippen molar-refractivity contribution in [2.75, 3.05) is 23.7 Å². The summed E-state index contributed by atoms with van der Waals surface area (Å²) in [6.45, 7) is 8.58. The van der Waals surface area contributed by atoms with Gasteiger partial charge in [0.1, 0.15) is 0 Å². The largest absolute Gasteiger partial charge is 0.370 e. The predicted molar refractivity (Wildman–Crippen MR) is 82.1 cm³/mol. The van der Waals surface area contributed by atoms with Crippen molar-refractivity contribution in [3.8, 4) is 0 Å². The van der Waals surface area contributed by atoms with E-state index in [0.29, 0.717) is 12.3 Å². The maximum absolute atomic E-state index is 12.0. The van der Waals surface area contributed by atoms with Crippen molar-refractivity contribution in [2.24, 2.45) is 5.92 Å². The van der Waals surface area contributed by atoms with Crippen molar-refractivity contribution < 1.29 is 0 Å². The van der Waals surface area contributed by atoms with Gasteiger partial charge < -0.3 is 4.90 Å². The standard InChI is InChI=1S/C14H21N3OS/c1-11-3-5-16(6-4-11)13-7-14(18)17(15-8-13)9-12(2)10-19/h7-8,11,19H,2-6,9-10H2,1H3. The molecule has 1 aromatic heterocycles. The normalized spacial score (nSPS) is 16.6. The third-order valence-corrected chi connectivity index (χ3v) is 4.05. The molecule has 2 rings (SSSR count). The number of nitrogens with zero attached hydrogens (tertiary/aromatic N) is 3. The van der Waals surface area contributed by atoms with Crippen LogP contribution in [0.5, 0.6) is 0 Å². The monoisotopic (exact) mass is 279 g/mol. The summed E-state index contributed by atoms with van der Waals surface area (Å²) in [5.41, 5.74) is 1.75. The van der Waals surface area contributed by atoms with Crippen LogP contribution < -0.4 is 10.5 Å². The second kappa shape index (κ2) is 6.28. The summed E-state index contributed by atoms with van der Waals surface area (Å²) in [4.78, 5) is 14.2. The second-order valence-electron chi connectivity index (χ2n) is 5.29. The summed E-state index contributed by atoms with van der Waals surface area (Å²) in [5, 5.41) is 4.23. The summed E-state index contributed by atoms with van der Waals surface area (Å²) in [6.07, 6.45) is 4.14. The van der Waals surface area contributed by atoms with Crippen LogP contribution in [0.2, 0.25) is 0 Å². The van der Waals surface area contributed by atoms with E-state index in [1.165, 1.54) is 17.5 Å². The maximum Gasteiger partial charge on any atom is 0.269 e. The summed E-state index contributed by atoms with van der Waals surface area (Å²) in [5.74, 6) is 1.35. The number of aromatic nitrogens is 2. The summed E-state index contributed by atoms with van der Waals surface area (Å²) in [6, 6.07) is 1.68. The van der Waals surface area contributed by atoms with E-state index in [1.54, 1.807) is 12.3 Å². The van der Waals surface area contributed by atoms with Gasteiger partial charge in [0.25, 0.3) is 5.56 Å². The van der Waals surface area contributed by atoms with Crippen LogP contribution in [0.4, 0.5) is 5.69 Å². The van der Waals surface area contributed by atoms with Gasteiger partial charge in [-0.3, -0.25) is 4.79 Å². The molecule has 0 N–H and O–H groups in total. The van der Waals surface area contributed by atoms with Crippen LogP contribution in [-0.2, 0) is 6.54 Å². The minimum absolute atomic E-state index is 0.0703. The van der Waals surface area contributed by atoms with E-state index in [4.69, 9.17) is 0 Å². The van der Waals surface area contributed by atoms with Gasteiger partial charge in [0, 0.05) is 24.9 Å². The molecule has 0 saturated carbocycles. The summed E-state index contributed by atoms with van der Waals surface area (Å²) in [7, 11) is 0. The van der Waals surface area contributed by atoms with Crippen molar-refractivity contribution in [3.05, 3.63) is 34.8 Å². The lowest BCUT2D eigenvalue weighted by Gasteiger charge is -2.31. The van der Waals surface area contributed by atoms with Crippen LogP contribution in [0, 0.1) is 5.92 Å². The highest BCUT2D eigenvalue weighted by Gasteiger charge is 2.16. The van der Waals surface area contributed by atoms with E-state index >= 15 is 0 Å². The van der Waals surface area contributed by atoms with Crippen molar-refractivity contribution >= 4 is 18.3 Å². The number of hydrogen-bond donors (Lipinski definition) is 1. The molecule has 4 nitrogen and oxygen atoms in total. The van der Waals surface area contributed by atoms with Crippen molar-refractivity contribution in [1.82, 2.24) is 9.78 Å². The van der Waals surface area contributed by atoms with Gasteiger partial charge in [0.2, 0.25) is 0 Å². The SMILES string of the molecule is C=C(CS)Cn1ncc(N2CCC(C)CC2)cc1=O. The molecule has 1 saturated heterocycles. The Kier molecular flexibility index (Phi) is 4.69. The Morgan fingerprint density at radius 2 is 2.21 bits per heavy atom. The van der Waals surface area contributed by atoms with Crippen LogP contribution in [-0.4, -0.2) is 28.6 Å². The van der Waals surface area contributed by atoms with Gasteiger partial charge in [-0.15, -0.1) is 0 Å². The fourth-order valence-corrected chi connectivity index (χ4v) is 2.34. The molecule has 0 unspecified atom stereocenters. The highest BCUT2D eigenvalue weighted by Crippen LogP contribution is 2.20. The molecule has 1 aliphatic rings. The molecule has 5 heteroatoms. The Morgan fingerprint density at radius 1 is 1.53 bits per heavy atom. The molecule has 2 heterocycles. The third kappa shape index (κ3) is 3.62. The van der Waals surface area contributed by atoms with Crippen molar-refractivity contribution in [1.29, 1.82) is 0 Å². The third-order valence-electron chi connectivity index (χ3n) is 3.60. The van der Waals surface area contributed by atoms with E-state index in [2.05, 4.69) is 36.1 Å². The molecule has 1 fully saturated rings. The molecule has 0 spiro atoms. The molecule has 0 radical (unpaired) electrons. The van der Waals surface area contributed by atoms with E-state index in [1.807, 2.05) is 0 Å². The zero-order valence-corrected chi connectivity index (χ0v) is 12.3. The molecule has 104 valence electrons. The Hall–Kier alpha value is -1.23. The average Bonchev–Trinajstić information content (AvgIpc) is 2.41. The highest BCUT2D eigenvalue weighted by atomic mass is 32.1. The van der Waals surface area contributed by atoms with Crippen LogP contribution >= 0.6 is 12.6 Å². The maximum atomic E-state index is 12.0. The fraction of sp³-hybridized carbons (Fsp3) is 0.571. The van der Waals surface area contributed by atoms with Crippen molar-refractivity contribution in [3.63, 3.8) is 0 Å². The summed E-state index contributed by atoms with van der Waals surface area (Å²) < 4.78 is 1.44. The van der Waals surface area contributed by atoms with E-state index in [0.717, 1.165) is 30.3 Å². The van der Waals surface area contributed by atoms with Gasteiger partial charge in [-0.25, -0.2) is 4.68 Å². The molecular weight excluding hydrogens is 258 g/mol. The van der Waals surface area contributed by atoms with Gasteiger partial charge in [-0.2, -0.15) is 17.7 Å². The van der Waals surface area contributed by atoms with Gasteiger partial charge in [0.05, 0.1) is 18.4 Å². The molecule has 0 amide bonds. The molecule has 1 aromatic rings. The van der Waals surface area contributed by atoms with Crippen LogP contribution in [0.15, 0.2) is 29.2 Å². The zero-order valence-electron chi connectivity index (χ0n) is 11.4. The molecule has 0 atom stereocenters. The van der Waals surface area contributed by atoms with Crippen LogP contribution in [0.3, 0.4) is 0 Å². The Bertz CT molecular complexity index is 504. The van der Waals surface area contributed by atoms with Gasteiger partial charge in [0.15, 0.2) is 0 Å². The summed E-state index contributed by atoms with van der Waals surface area (Å²) >= 11 is 4.14. The van der Waals surface area contributed by atoms with Gasteiger partial charge in [-0.1, -0.05) is 13.5 Å². The first kappa shape index (κ1) is 14.2. The number of hydrogen-bond acceptors (Lipinski definition) is 4. The molecule has 0 aromatic carbocycles. The Labute approximate surface area is 119 Å². The van der Waals surface area contributed by atoms with Gasteiger partial charge in [-0.05, 0) is 24.3 Å². The minimum atomic E-state index is -0.0703. The fourth-order valence-electron chi connectivity index (χ4n) is 2.24. The van der Waals surface area contributed by atoms with E-state index in [-0.39, 0.29) is 5.56 Å². The first-order valence-corrected chi connectivity index (χ1v) is 7.33. The molecule has 19 heavy (non-hydrogen) atoms. The number of piperidine rings is 1. The molecular formula is C14H21N3OS. The average molecular weight is 279 g/mol. The predicted octanol–water partition coefficient (Wildman–Crippen LogP) is 1.97. The van der Waals surface area contributed by atoms with Crippen LogP contribution in [0.25, 0.3) is 0 Å². The smallest absolute Gasteiger partial charge is 0.269 e. The number of thiol groups is 1. The molecule has 1 aliphatic heterocycles. The van der Waals surface area contributed by atoms with E-state index in [9.17, 15) is 4.79 Å². The molecule has 0 aliphatic carbocycles. The lowest BCUT2D eigenvalue weighted by Crippen LogP contribution is -2.34. The second-order valence-corrected chi connectivity index (χ2v) is 5.60. The number of rotatable bonds is 4. The topological polar surface area (TPSA) is 38.1 Å². The van der Waals surface area contributed by atoms with Gasteiger partial charge >= 0.3 is 0 Å². The highest BCUT2D eigenvalue weighted by molar-refractivity contribution is 7.80. The van der Waals surface area contributed by atoms with Crippen LogP contribution in [0.1, 0.15) is 19.8 Å². The zero-order chi connectivity index (χ0) is 13.8. The first-order valence-electron chi connectivity index (χ1n) is 6.69. The quantitative estimate of drug-likeness (QED) is 0.676. The Morgan fingerprint density at radius 3 is 2.79 bits per heavy atom. The molecule has 0 bridgehead atoms. The lowest BCUT2D eigenvalue weighted by molar-refractivity contribution is 0.437. The first-order chi connectivity index (χ1) is 9.10. The van der Waals surface area contributed by atoms with Crippen molar-refractivity contribution in [2.45, 2.75) is 26.3 Å². The minimum Gasteiger partial charge on any atom is -0.370 e.